The minimum absolute atomic E-state index is 0.00605. The summed E-state index contributed by atoms with van der Waals surface area (Å²) in [5, 5.41) is 12.7. The summed E-state index contributed by atoms with van der Waals surface area (Å²) in [5.74, 6) is -0.176. The second-order valence-corrected chi connectivity index (χ2v) is 8.91. The first kappa shape index (κ1) is 17.6. The molecular weight excluding hydrogens is 340 g/mol. The molecule has 2 bridgehead atoms. The van der Waals surface area contributed by atoms with E-state index in [1.54, 1.807) is 30.3 Å². The molecule has 0 spiro atoms. The summed E-state index contributed by atoms with van der Waals surface area (Å²) in [6, 6.07) is 10.3. The van der Waals surface area contributed by atoms with Gasteiger partial charge in [-0.2, -0.15) is 13.7 Å². The first-order valence-electron chi connectivity index (χ1n) is 8.20. The number of oxime groups is 1. The van der Waals surface area contributed by atoms with Gasteiger partial charge in [0.05, 0.1) is 5.41 Å². The molecule has 2 aliphatic carbocycles. The monoisotopic (exact) mass is 360 g/mol. The molecule has 2 saturated carbocycles. The molecule has 3 rings (SSSR count). The van der Waals surface area contributed by atoms with Crippen LogP contribution in [0.3, 0.4) is 0 Å². The van der Waals surface area contributed by atoms with Gasteiger partial charge >= 0.3 is 10.1 Å². The third-order valence-corrected chi connectivity index (χ3v) is 7.11. The van der Waals surface area contributed by atoms with Crippen LogP contribution in [0.4, 0.5) is 0 Å². The fraction of sp³-hybridized carbons (Fsp3) is 0.500. The Kier molecular flexibility index (Phi) is 4.20. The fourth-order valence-electron chi connectivity index (χ4n) is 4.26. The lowest BCUT2D eigenvalue weighted by Gasteiger charge is -2.35. The Labute approximate surface area is 147 Å². The second-order valence-electron chi connectivity index (χ2n) is 7.36. The molecule has 0 saturated heterocycles. The number of benzene rings is 1. The molecule has 1 aromatic carbocycles. The van der Waals surface area contributed by atoms with E-state index in [2.05, 4.69) is 5.16 Å². The van der Waals surface area contributed by atoms with Crippen LogP contribution in [0.5, 0.6) is 0 Å². The molecule has 6 nitrogen and oxygen atoms in total. The Morgan fingerprint density at radius 2 is 2.04 bits per heavy atom. The Hall–Kier alpha value is -2.20. The molecule has 0 amide bonds. The molecule has 7 heteroatoms. The summed E-state index contributed by atoms with van der Waals surface area (Å²) < 4.78 is 29.7. The zero-order valence-electron chi connectivity index (χ0n) is 14.2. The van der Waals surface area contributed by atoms with Crippen LogP contribution in [0, 0.1) is 28.1 Å². The van der Waals surface area contributed by atoms with Crippen molar-refractivity contribution in [2.75, 3.05) is 5.75 Å². The van der Waals surface area contributed by atoms with Gasteiger partial charge in [-0.25, -0.2) is 0 Å². The van der Waals surface area contributed by atoms with Crippen molar-refractivity contribution >= 4 is 21.6 Å². The molecule has 1 aromatic rings. The minimum atomic E-state index is -4.09. The number of hydrogen-bond donors (Lipinski definition) is 0. The van der Waals surface area contributed by atoms with E-state index >= 15 is 0 Å². The maximum atomic E-state index is 12.5. The number of Topliss-reactive ketones (excluding diaryl/α,β-unsaturated/α-hetero) is 1. The van der Waals surface area contributed by atoms with E-state index in [1.807, 2.05) is 19.9 Å². The molecule has 132 valence electrons. The van der Waals surface area contributed by atoms with Crippen LogP contribution in [0.25, 0.3) is 0 Å². The van der Waals surface area contributed by atoms with Crippen LogP contribution >= 0.6 is 0 Å². The van der Waals surface area contributed by atoms with E-state index in [0.29, 0.717) is 18.4 Å². The number of ketones is 1. The smallest absolute Gasteiger partial charge is 0.299 e. The van der Waals surface area contributed by atoms with Gasteiger partial charge in [0.1, 0.15) is 17.6 Å². The molecular formula is C18H20N2O4S. The predicted molar refractivity (Wildman–Crippen MR) is 92.0 cm³/mol. The van der Waals surface area contributed by atoms with Crippen molar-refractivity contribution in [2.24, 2.45) is 21.9 Å². The normalized spacial score (nSPS) is 28.0. The predicted octanol–water partition coefficient (Wildman–Crippen LogP) is 2.66. The number of nitrogens with zero attached hydrogens (tertiary/aromatic N) is 2. The highest BCUT2D eigenvalue weighted by Gasteiger charge is 2.65. The highest BCUT2D eigenvalue weighted by atomic mass is 32.2. The molecule has 2 atom stereocenters. The lowest BCUT2D eigenvalue weighted by atomic mass is 9.70. The number of nitriles is 1. The molecule has 0 N–H and O–H groups in total. The lowest BCUT2D eigenvalue weighted by molar-refractivity contribution is -0.128. The Balaban J connectivity index is 1.83. The summed E-state index contributed by atoms with van der Waals surface area (Å²) in [5.41, 5.74) is -0.938. The summed E-state index contributed by atoms with van der Waals surface area (Å²) in [6.07, 6.45) is 1.84. The molecule has 25 heavy (non-hydrogen) atoms. The number of fused-ring (bicyclic) bond motifs is 2. The number of hydrogen-bond acceptors (Lipinski definition) is 6. The molecule has 0 radical (unpaired) electrons. The third-order valence-electron chi connectivity index (χ3n) is 5.96. The maximum Gasteiger partial charge on any atom is 0.329 e. The van der Waals surface area contributed by atoms with Crippen LogP contribution < -0.4 is 0 Å². The zero-order chi connectivity index (χ0) is 18.3. The zero-order valence-corrected chi connectivity index (χ0v) is 15.0. The van der Waals surface area contributed by atoms with Gasteiger partial charge in [-0.1, -0.05) is 49.3 Å². The van der Waals surface area contributed by atoms with Crippen molar-refractivity contribution in [2.45, 2.75) is 33.1 Å². The Bertz CT molecular complexity index is 868. The number of rotatable bonds is 5. The second kappa shape index (κ2) is 5.95. The summed E-state index contributed by atoms with van der Waals surface area (Å²) >= 11 is 0. The van der Waals surface area contributed by atoms with E-state index in [4.69, 9.17) is 4.28 Å². The first-order chi connectivity index (χ1) is 11.7. The van der Waals surface area contributed by atoms with Crippen LogP contribution in [-0.2, 0) is 19.2 Å². The molecule has 0 aliphatic heterocycles. The van der Waals surface area contributed by atoms with Gasteiger partial charge in [-0.15, -0.1) is 0 Å². The quantitative estimate of drug-likeness (QED) is 0.594. The summed E-state index contributed by atoms with van der Waals surface area (Å²) in [7, 11) is -4.09. The van der Waals surface area contributed by atoms with E-state index in [9.17, 15) is 18.5 Å². The van der Waals surface area contributed by atoms with Crippen molar-refractivity contribution in [3.05, 3.63) is 35.9 Å². The Morgan fingerprint density at radius 3 is 2.56 bits per heavy atom. The average molecular weight is 360 g/mol. The van der Waals surface area contributed by atoms with Gasteiger partial charge in [0.15, 0.2) is 5.71 Å². The number of carbonyl (C=O) groups excluding carboxylic acids is 1. The maximum absolute atomic E-state index is 12.5. The van der Waals surface area contributed by atoms with Gasteiger partial charge in [0.2, 0.25) is 0 Å². The fourth-order valence-corrected chi connectivity index (χ4v) is 5.79. The van der Waals surface area contributed by atoms with Gasteiger partial charge < -0.3 is 0 Å². The van der Waals surface area contributed by atoms with Crippen molar-refractivity contribution in [3.63, 3.8) is 0 Å². The molecule has 0 aromatic heterocycles. The van der Waals surface area contributed by atoms with Crippen molar-refractivity contribution in [1.29, 1.82) is 5.26 Å². The average Bonchev–Trinajstić information content (AvgIpc) is 2.90. The van der Waals surface area contributed by atoms with E-state index in [-0.39, 0.29) is 28.6 Å². The Morgan fingerprint density at radius 1 is 1.36 bits per heavy atom. The largest absolute Gasteiger partial charge is 0.329 e. The molecule has 0 heterocycles. The standard InChI is InChI=1S/C18H20N2O4S/c1-17(2)14-8-9-18(17,16(21)10-14)12-25(22,23)24-20-15(11-19)13-6-4-3-5-7-13/h3-7,14H,8-10,12H2,1-2H3/b20-15-. The van der Waals surface area contributed by atoms with Gasteiger partial charge in [-0.05, 0) is 24.2 Å². The summed E-state index contributed by atoms with van der Waals surface area (Å²) in [6.45, 7) is 3.91. The van der Waals surface area contributed by atoms with Crippen molar-refractivity contribution in [1.82, 2.24) is 0 Å². The SMILES string of the molecule is CC1(C)C2CCC1(CS(=O)(=O)O/N=C(/C#N)c1ccccc1)C(=O)C2. The topological polar surface area (TPSA) is 96.6 Å². The van der Waals surface area contributed by atoms with E-state index in [0.717, 1.165) is 6.42 Å². The van der Waals surface area contributed by atoms with Crippen molar-refractivity contribution < 1.29 is 17.5 Å². The van der Waals surface area contributed by atoms with Crippen LogP contribution in [0.1, 0.15) is 38.7 Å². The number of carbonyl (C=O) groups is 1. The van der Waals surface area contributed by atoms with Crippen LogP contribution in [0.2, 0.25) is 0 Å². The highest BCUT2D eigenvalue weighted by Crippen LogP contribution is 2.64. The first-order valence-corrected chi connectivity index (χ1v) is 9.78. The van der Waals surface area contributed by atoms with Gasteiger partial charge in [0, 0.05) is 12.0 Å². The molecule has 2 fully saturated rings. The van der Waals surface area contributed by atoms with Gasteiger partial charge in [0.25, 0.3) is 0 Å². The van der Waals surface area contributed by atoms with Crippen LogP contribution in [0.15, 0.2) is 35.5 Å². The van der Waals surface area contributed by atoms with Gasteiger partial charge in [-0.3, -0.25) is 9.08 Å². The minimum Gasteiger partial charge on any atom is -0.299 e. The lowest BCUT2D eigenvalue weighted by Crippen LogP contribution is -2.42. The van der Waals surface area contributed by atoms with Crippen LogP contribution in [-0.4, -0.2) is 25.7 Å². The molecule has 2 unspecified atom stereocenters. The van der Waals surface area contributed by atoms with E-state index in [1.165, 1.54) is 0 Å². The van der Waals surface area contributed by atoms with Crippen molar-refractivity contribution in [3.8, 4) is 6.07 Å². The highest BCUT2D eigenvalue weighted by molar-refractivity contribution is 7.86. The van der Waals surface area contributed by atoms with E-state index < -0.39 is 15.5 Å². The molecule has 2 aliphatic rings. The third kappa shape index (κ3) is 2.85. The summed E-state index contributed by atoms with van der Waals surface area (Å²) in [4.78, 5) is 12.5.